The molecule has 0 aliphatic carbocycles. The average molecular weight is 331 g/mol. The zero-order valence-electron chi connectivity index (χ0n) is 13.5. The molecule has 6 nitrogen and oxygen atoms in total. The van der Waals surface area contributed by atoms with Gasteiger partial charge in [0, 0.05) is 19.6 Å². The molecule has 2 aromatic rings. The maximum absolute atomic E-state index is 12.1. The van der Waals surface area contributed by atoms with Gasteiger partial charge in [0.25, 0.3) is 5.91 Å². The normalized spacial score (nSPS) is 15.7. The highest BCUT2D eigenvalue weighted by atomic mass is 32.1. The first kappa shape index (κ1) is 15.9. The van der Waals surface area contributed by atoms with Crippen LogP contribution in [0, 0.1) is 19.8 Å². The molecule has 2 aromatic heterocycles. The Labute approximate surface area is 140 Å². The van der Waals surface area contributed by atoms with E-state index in [1.165, 1.54) is 11.3 Å². The van der Waals surface area contributed by atoms with Gasteiger partial charge in [-0.1, -0.05) is 0 Å². The Morgan fingerprint density at radius 2 is 2.09 bits per heavy atom. The Morgan fingerprint density at radius 1 is 1.30 bits per heavy atom. The van der Waals surface area contributed by atoms with Crippen LogP contribution in [-0.2, 0) is 0 Å². The van der Waals surface area contributed by atoms with Crippen molar-refractivity contribution in [3.8, 4) is 0 Å². The van der Waals surface area contributed by atoms with E-state index in [-0.39, 0.29) is 5.91 Å². The number of aryl methyl sites for hydroxylation is 2. The molecule has 1 aliphatic heterocycles. The van der Waals surface area contributed by atoms with Gasteiger partial charge in [-0.15, -0.1) is 16.4 Å². The Bertz CT molecular complexity index is 661. The van der Waals surface area contributed by atoms with Gasteiger partial charge < -0.3 is 10.2 Å². The SMILES string of the molecule is Cc1ccc(N2CCC(CNC(=O)c3scnc3C)CC2)nn1. The molecule has 0 bridgehead atoms. The second-order valence-electron chi connectivity index (χ2n) is 5.94. The van der Waals surface area contributed by atoms with Gasteiger partial charge >= 0.3 is 0 Å². The fourth-order valence-corrected chi connectivity index (χ4v) is 3.48. The van der Waals surface area contributed by atoms with Gasteiger partial charge in [-0.25, -0.2) is 4.98 Å². The molecular formula is C16H21N5OS. The van der Waals surface area contributed by atoms with Crippen LogP contribution in [0.4, 0.5) is 5.82 Å². The number of aromatic nitrogens is 3. The summed E-state index contributed by atoms with van der Waals surface area (Å²) in [6, 6.07) is 4.02. The average Bonchev–Trinajstić information content (AvgIpc) is 3.00. The highest BCUT2D eigenvalue weighted by Gasteiger charge is 2.21. The van der Waals surface area contributed by atoms with Crippen molar-refractivity contribution in [2.45, 2.75) is 26.7 Å². The molecule has 1 saturated heterocycles. The fraction of sp³-hybridized carbons (Fsp3) is 0.500. The van der Waals surface area contributed by atoms with E-state index in [1.54, 1.807) is 5.51 Å². The lowest BCUT2D eigenvalue weighted by atomic mass is 9.97. The molecule has 1 N–H and O–H groups in total. The number of nitrogens with zero attached hydrogens (tertiary/aromatic N) is 4. The fourth-order valence-electron chi connectivity index (χ4n) is 2.76. The number of rotatable bonds is 4. The van der Waals surface area contributed by atoms with Crippen molar-refractivity contribution >= 4 is 23.1 Å². The summed E-state index contributed by atoms with van der Waals surface area (Å²) < 4.78 is 0. The summed E-state index contributed by atoms with van der Waals surface area (Å²) in [7, 11) is 0. The quantitative estimate of drug-likeness (QED) is 0.930. The summed E-state index contributed by atoms with van der Waals surface area (Å²) in [6.45, 7) is 6.45. The lowest BCUT2D eigenvalue weighted by molar-refractivity contribution is 0.0948. The predicted octanol–water partition coefficient (Wildman–Crippen LogP) is 2.20. The molecule has 7 heteroatoms. The molecule has 3 heterocycles. The molecule has 1 aliphatic rings. The molecular weight excluding hydrogens is 310 g/mol. The Morgan fingerprint density at radius 3 is 2.70 bits per heavy atom. The third-order valence-corrected chi connectivity index (χ3v) is 5.15. The van der Waals surface area contributed by atoms with Crippen molar-refractivity contribution in [1.29, 1.82) is 0 Å². The first-order chi connectivity index (χ1) is 11.1. The zero-order chi connectivity index (χ0) is 16.2. The van der Waals surface area contributed by atoms with E-state index in [0.717, 1.165) is 54.6 Å². The first-order valence-corrected chi connectivity index (χ1v) is 8.75. The highest BCUT2D eigenvalue weighted by molar-refractivity contribution is 7.11. The van der Waals surface area contributed by atoms with Gasteiger partial charge in [0.05, 0.1) is 16.9 Å². The summed E-state index contributed by atoms with van der Waals surface area (Å²) in [5, 5.41) is 11.4. The van der Waals surface area contributed by atoms with Crippen LogP contribution in [0.25, 0.3) is 0 Å². The van der Waals surface area contributed by atoms with Crippen LogP contribution in [0.3, 0.4) is 0 Å². The van der Waals surface area contributed by atoms with E-state index >= 15 is 0 Å². The number of thiazole rings is 1. The predicted molar refractivity (Wildman–Crippen MR) is 90.9 cm³/mol. The van der Waals surface area contributed by atoms with Crippen molar-refractivity contribution < 1.29 is 4.79 Å². The van der Waals surface area contributed by atoms with E-state index in [1.807, 2.05) is 26.0 Å². The summed E-state index contributed by atoms with van der Waals surface area (Å²) in [6.07, 6.45) is 2.11. The smallest absolute Gasteiger partial charge is 0.263 e. The summed E-state index contributed by atoms with van der Waals surface area (Å²) in [4.78, 5) is 19.2. The molecule has 122 valence electrons. The summed E-state index contributed by atoms with van der Waals surface area (Å²) >= 11 is 1.40. The van der Waals surface area contributed by atoms with Crippen molar-refractivity contribution in [3.05, 3.63) is 33.9 Å². The molecule has 1 fully saturated rings. The summed E-state index contributed by atoms with van der Waals surface area (Å²) in [5.41, 5.74) is 3.45. The van der Waals surface area contributed by atoms with Crippen LogP contribution in [0.2, 0.25) is 0 Å². The monoisotopic (exact) mass is 331 g/mol. The Kier molecular flexibility index (Phi) is 4.85. The number of hydrogen-bond acceptors (Lipinski definition) is 6. The lowest BCUT2D eigenvalue weighted by Gasteiger charge is -2.32. The maximum atomic E-state index is 12.1. The third-order valence-electron chi connectivity index (χ3n) is 4.23. The van der Waals surface area contributed by atoms with Gasteiger partial charge in [-0.2, -0.15) is 5.10 Å². The largest absolute Gasteiger partial charge is 0.355 e. The van der Waals surface area contributed by atoms with E-state index in [2.05, 4.69) is 25.4 Å². The van der Waals surface area contributed by atoms with Gasteiger partial charge in [-0.05, 0) is 44.7 Å². The standard InChI is InChI=1S/C16H21N5OS/c1-11-3-4-14(20-19-11)21-7-5-13(6-8-21)9-17-16(22)15-12(2)18-10-23-15/h3-4,10,13H,5-9H2,1-2H3,(H,17,22). The molecule has 3 rings (SSSR count). The number of amides is 1. The molecule has 1 amide bonds. The minimum absolute atomic E-state index is 0.00293. The number of hydrogen-bond donors (Lipinski definition) is 1. The lowest BCUT2D eigenvalue weighted by Crippen LogP contribution is -2.39. The van der Waals surface area contributed by atoms with Crippen LogP contribution >= 0.6 is 11.3 Å². The van der Waals surface area contributed by atoms with Crippen molar-refractivity contribution in [2.75, 3.05) is 24.5 Å². The zero-order valence-corrected chi connectivity index (χ0v) is 14.3. The van der Waals surface area contributed by atoms with Gasteiger partial charge in [0.1, 0.15) is 4.88 Å². The summed E-state index contributed by atoms with van der Waals surface area (Å²) in [5.74, 6) is 1.46. The number of anilines is 1. The number of piperidine rings is 1. The molecule has 0 unspecified atom stereocenters. The van der Waals surface area contributed by atoms with E-state index in [4.69, 9.17) is 0 Å². The first-order valence-electron chi connectivity index (χ1n) is 7.87. The minimum Gasteiger partial charge on any atom is -0.355 e. The van der Waals surface area contributed by atoms with Crippen molar-refractivity contribution in [1.82, 2.24) is 20.5 Å². The molecule has 0 atom stereocenters. The topological polar surface area (TPSA) is 71.0 Å². The maximum Gasteiger partial charge on any atom is 0.263 e. The number of carbonyl (C=O) groups excluding carboxylic acids is 1. The van der Waals surface area contributed by atoms with Crippen LogP contribution in [-0.4, -0.2) is 40.7 Å². The van der Waals surface area contributed by atoms with Crippen LogP contribution < -0.4 is 10.2 Å². The van der Waals surface area contributed by atoms with Crippen LogP contribution in [0.5, 0.6) is 0 Å². The second-order valence-corrected chi connectivity index (χ2v) is 6.80. The van der Waals surface area contributed by atoms with Crippen LogP contribution in [0.15, 0.2) is 17.6 Å². The molecule has 23 heavy (non-hydrogen) atoms. The number of carbonyl (C=O) groups is 1. The van der Waals surface area contributed by atoms with E-state index in [0.29, 0.717) is 5.92 Å². The van der Waals surface area contributed by atoms with Crippen molar-refractivity contribution in [3.63, 3.8) is 0 Å². The number of nitrogens with one attached hydrogen (secondary N) is 1. The molecule has 0 saturated carbocycles. The van der Waals surface area contributed by atoms with E-state index in [9.17, 15) is 4.79 Å². The highest BCUT2D eigenvalue weighted by Crippen LogP contribution is 2.21. The Balaban J connectivity index is 1.47. The molecule has 0 radical (unpaired) electrons. The van der Waals surface area contributed by atoms with Gasteiger partial charge in [0.2, 0.25) is 0 Å². The minimum atomic E-state index is -0.00293. The van der Waals surface area contributed by atoms with Gasteiger partial charge in [-0.3, -0.25) is 4.79 Å². The van der Waals surface area contributed by atoms with Crippen LogP contribution in [0.1, 0.15) is 33.9 Å². The third kappa shape index (κ3) is 3.85. The molecule has 0 aromatic carbocycles. The Hall–Kier alpha value is -2.02. The second kappa shape index (κ2) is 7.04. The molecule has 0 spiro atoms. The van der Waals surface area contributed by atoms with Gasteiger partial charge in [0.15, 0.2) is 5.82 Å². The van der Waals surface area contributed by atoms with Crippen molar-refractivity contribution in [2.24, 2.45) is 5.92 Å². The van der Waals surface area contributed by atoms with E-state index < -0.39 is 0 Å².